The topological polar surface area (TPSA) is 310 Å². The summed E-state index contributed by atoms with van der Waals surface area (Å²) in [6.07, 6.45) is 5.31. The Morgan fingerprint density at radius 1 is 0.797 bits per heavy atom. The molecule has 2 aromatic carbocycles. The van der Waals surface area contributed by atoms with Crippen molar-refractivity contribution in [2.45, 2.75) is 94.9 Å². The van der Waals surface area contributed by atoms with Crippen molar-refractivity contribution in [1.82, 2.24) is 57.5 Å². The molecule has 1 aliphatic heterocycles. The van der Waals surface area contributed by atoms with Crippen molar-refractivity contribution in [3.05, 3.63) is 89.9 Å². The molecule has 3 heterocycles. The first-order chi connectivity index (χ1) is 30.7. The molecule has 5 atom stereocenters. The van der Waals surface area contributed by atoms with Crippen LogP contribution in [-0.4, -0.2) is 112 Å². The van der Waals surface area contributed by atoms with E-state index in [4.69, 9.17) is 11.1 Å². The van der Waals surface area contributed by atoms with Crippen molar-refractivity contribution >= 4 is 58.2 Å². The SMILES string of the molecule is CC(=O)N[C@H]1CCC(=O)NCCCCNC(=O)[C@H](Cc2c[nH]c3ccccc23)NC(=O)[C@H](CCCNC(=N)N)NC(=O)[C@@H](Cc2ccc(F)cc2)NC(=O)[C@H](Cc2c[nH]cn2)NC1=O. The number of nitrogens with zero attached hydrogens (tertiary/aromatic N) is 1. The van der Waals surface area contributed by atoms with E-state index in [1.54, 1.807) is 6.20 Å². The number of carbonyl (C=O) groups excluding carboxylic acids is 7. The van der Waals surface area contributed by atoms with E-state index in [2.05, 4.69) is 57.5 Å². The van der Waals surface area contributed by atoms with Crippen LogP contribution >= 0.6 is 0 Å². The van der Waals surface area contributed by atoms with Gasteiger partial charge < -0.3 is 58.2 Å². The molecule has 1 aliphatic rings. The highest BCUT2D eigenvalue weighted by Crippen LogP contribution is 2.20. The smallest absolute Gasteiger partial charge is 0.243 e. The zero-order valence-corrected chi connectivity index (χ0v) is 35.5. The van der Waals surface area contributed by atoms with Gasteiger partial charge >= 0.3 is 0 Å². The first-order valence-electron chi connectivity index (χ1n) is 21.1. The van der Waals surface area contributed by atoms with Gasteiger partial charge in [-0.3, -0.25) is 39.0 Å². The van der Waals surface area contributed by atoms with Gasteiger partial charge in [0.1, 0.15) is 36.0 Å². The minimum absolute atomic E-state index is 0.00455. The number of hydrogen-bond donors (Lipinski definition) is 12. The van der Waals surface area contributed by atoms with Gasteiger partial charge in [0, 0.05) is 75.5 Å². The van der Waals surface area contributed by atoms with Gasteiger partial charge in [0.15, 0.2) is 5.96 Å². The summed E-state index contributed by atoms with van der Waals surface area (Å²) in [5.74, 6) is -5.41. The van der Waals surface area contributed by atoms with E-state index < -0.39 is 71.5 Å². The fourth-order valence-electron chi connectivity index (χ4n) is 7.19. The van der Waals surface area contributed by atoms with E-state index in [1.165, 1.54) is 43.7 Å². The average molecular weight is 886 g/mol. The fraction of sp³-hybridized carbons (Fsp3) is 0.419. The highest BCUT2D eigenvalue weighted by molar-refractivity contribution is 5.97. The maximum Gasteiger partial charge on any atom is 0.243 e. The average Bonchev–Trinajstić information content (AvgIpc) is 3.94. The van der Waals surface area contributed by atoms with Crippen molar-refractivity contribution in [3.63, 3.8) is 0 Å². The van der Waals surface area contributed by atoms with Gasteiger partial charge in [0.05, 0.1) is 12.0 Å². The van der Waals surface area contributed by atoms with Crippen LogP contribution < -0.4 is 48.3 Å². The molecule has 2 aromatic heterocycles. The molecular weight excluding hydrogens is 830 g/mol. The van der Waals surface area contributed by atoms with Crippen LogP contribution in [0.15, 0.2) is 67.3 Å². The van der Waals surface area contributed by atoms with Crippen LogP contribution in [0.25, 0.3) is 10.9 Å². The second-order valence-electron chi connectivity index (χ2n) is 15.5. The maximum absolute atomic E-state index is 14.4. The molecule has 64 heavy (non-hydrogen) atoms. The Morgan fingerprint density at radius 2 is 1.44 bits per heavy atom. The number of imidazole rings is 1. The molecule has 7 amide bonds. The molecule has 4 aromatic rings. The largest absolute Gasteiger partial charge is 0.370 e. The molecular formula is C43H56FN13O7. The number of H-pyrrole nitrogens is 2. The van der Waals surface area contributed by atoms with Crippen LogP contribution in [0.3, 0.4) is 0 Å². The van der Waals surface area contributed by atoms with Crippen LogP contribution in [0, 0.1) is 11.2 Å². The Balaban J connectivity index is 1.49. The van der Waals surface area contributed by atoms with Crippen molar-refractivity contribution in [2.75, 3.05) is 19.6 Å². The third-order valence-electron chi connectivity index (χ3n) is 10.5. The summed E-state index contributed by atoms with van der Waals surface area (Å²) in [4.78, 5) is 106. The molecule has 5 rings (SSSR count). The number of para-hydroxylation sites is 1. The number of nitrogens with one attached hydrogen (secondary N) is 11. The van der Waals surface area contributed by atoms with Gasteiger partial charge in [0.2, 0.25) is 41.4 Å². The number of amides is 7. The maximum atomic E-state index is 14.4. The number of rotatable bonds is 11. The number of fused-ring (bicyclic) bond motifs is 1. The number of nitrogens with two attached hydrogens (primary N) is 1. The summed E-state index contributed by atoms with van der Waals surface area (Å²) in [5.41, 5.74) is 7.88. The zero-order valence-electron chi connectivity index (χ0n) is 35.5. The molecule has 21 heteroatoms. The van der Waals surface area contributed by atoms with E-state index in [9.17, 15) is 38.0 Å². The van der Waals surface area contributed by atoms with Crippen LogP contribution in [0.4, 0.5) is 4.39 Å². The highest BCUT2D eigenvalue weighted by atomic mass is 19.1. The Kier molecular flexibility index (Phi) is 17.7. The number of guanidine groups is 1. The van der Waals surface area contributed by atoms with E-state index >= 15 is 0 Å². The summed E-state index contributed by atoms with van der Waals surface area (Å²) in [6.45, 7) is 1.84. The zero-order chi connectivity index (χ0) is 46.0. The minimum Gasteiger partial charge on any atom is -0.370 e. The van der Waals surface area contributed by atoms with Crippen molar-refractivity contribution in [2.24, 2.45) is 5.73 Å². The molecule has 0 bridgehead atoms. The number of aromatic amines is 2. The van der Waals surface area contributed by atoms with E-state index in [0.29, 0.717) is 24.1 Å². The quantitative estimate of drug-likeness (QED) is 0.0524. The van der Waals surface area contributed by atoms with Crippen LogP contribution in [-0.2, 0) is 52.8 Å². The van der Waals surface area contributed by atoms with Gasteiger partial charge in [-0.25, -0.2) is 9.37 Å². The van der Waals surface area contributed by atoms with Crippen LogP contribution in [0.5, 0.6) is 0 Å². The second-order valence-corrected chi connectivity index (χ2v) is 15.5. The first kappa shape index (κ1) is 47.7. The Labute approximate surface area is 368 Å². The summed E-state index contributed by atoms with van der Waals surface area (Å²) < 4.78 is 14.0. The molecule has 1 saturated heterocycles. The van der Waals surface area contributed by atoms with Crippen molar-refractivity contribution in [3.8, 4) is 0 Å². The lowest BCUT2D eigenvalue weighted by molar-refractivity contribution is -0.135. The summed E-state index contributed by atoms with van der Waals surface area (Å²) in [6, 6.07) is 6.33. The van der Waals surface area contributed by atoms with E-state index in [0.717, 1.165) is 16.5 Å². The van der Waals surface area contributed by atoms with Gasteiger partial charge in [-0.05, 0) is 61.4 Å². The lowest BCUT2D eigenvalue weighted by Gasteiger charge is -2.27. The van der Waals surface area contributed by atoms with Crippen LogP contribution in [0.1, 0.15) is 62.3 Å². The molecule has 20 nitrogen and oxygen atoms in total. The highest BCUT2D eigenvalue weighted by Gasteiger charge is 2.33. The van der Waals surface area contributed by atoms with Crippen molar-refractivity contribution in [1.29, 1.82) is 5.41 Å². The van der Waals surface area contributed by atoms with Gasteiger partial charge in [0.25, 0.3) is 0 Å². The predicted molar refractivity (Wildman–Crippen MR) is 233 cm³/mol. The van der Waals surface area contributed by atoms with E-state index in [-0.39, 0.29) is 76.4 Å². The lowest BCUT2D eigenvalue weighted by atomic mass is 10.0. The third-order valence-corrected chi connectivity index (χ3v) is 10.5. The number of aromatic nitrogens is 3. The Morgan fingerprint density at radius 3 is 2.12 bits per heavy atom. The lowest BCUT2D eigenvalue weighted by Crippen LogP contribution is -2.60. The van der Waals surface area contributed by atoms with Gasteiger partial charge in [-0.15, -0.1) is 0 Å². The van der Waals surface area contributed by atoms with Gasteiger partial charge in [-0.1, -0.05) is 30.3 Å². The number of halogens is 1. The van der Waals surface area contributed by atoms with Gasteiger partial charge in [-0.2, -0.15) is 0 Å². The monoisotopic (exact) mass is 885 g/mol. The number of hydrogen-bond acceptors (Lipinski definition) is 9. The first-order valence-corrected chi connectivity index (χ1v) is 21.1. The van der Waals surface area contributed by atoms with E-state index in [1.807, 2.05) is 24.3 Å². The molecule has 0 aliphatic carbocycles. The standard InChI is InChI=1S/C43H56FN13O7/c1-25(58)53-33-14-15-37(59)48-16-4-5-17-49-38(60)35(20-27-22-51-31-8-3-2-7-30(27)31)56-39(61)32(9-6-18-50-43(45)46)54-41(63)34(19-26-10-12-28(44)13-11-26)55-42(64)36(57-40(33)62)21-29-23-47-24-52-29/h2-3,7-8,10-13,22-24,32-36,51H,4-6,9,14-21H2,1H3,(H,47,52)(H,48,59)(H,49,60)(H,53,58)(H,54,63)(H,55,64)(H,56,61)(H,57,62)(H4,45,46,50)/t32-,33-,34+,35-,36-/m0/s1. The van der Waals surface area contributed by atoms with Crippen molar-refractivity contribution < 1.29 is 38.0 Å². The predicted octanol–water partition coefficient (Wildman–Crippen LogP) is -0.428. The fourth-order valence-corrected chi connectivity index (χ4v) is 7.19. The minimum atomic E-state index is -1.41. The molecule has 0 unspecified atom stereocenters. The Hall–Kier alpha value is -7.32. The molecule has 0 radical (unpaired) electrons. The molecule has 1 fully saturated rings. The Bertz CT molecular complexity index is 2250. The number of benzene rings is 2. The molecule has 13 N–H and O–H groups in total. The number of carbonyl (C=O) groups is 7. The normalized spacial score (nSPS) is 21.3. The molecule has 0 spiro atoms. The molecule has 342 valence electrons. The second kappa shape index (κ2) is 23.8. The summed E-state index contributed by atoms with van der Waals surface area (Å²) in [5, 5.41) is 30.2. The molecule has 0 saturated carbocycles. The van der Waals surface area contributed by atoms with Crippen LogP contribution in [0.2, 0.25) is 0 Å². The summed E-state index contributed by atoms with van der Waals surface area (Å²) >= 11 is 0. The summed E-state index contributed by atoms with van der Waals surface area (Å²) in [7, 11) is 0. The third kappa shape index (κ3) is 14.9.